The molecule has 1 aromatic heterocycles. The van der Waals surface area contributed by atoms with Crippen LogP contribution >= 0.6 is 0 Å². The second-order valence-electron chi connectivity index (χ2n) is 5.43. The molecule has 1 saturated carbocycles. The molecule has 1 aromatic carbocycles. The van der Waals surface area contributed by atoms with Gasteiger partial charge in [0.25, 0.3) is 0 Å². The molecule has 1 heterocycles. The van der Waals surface area contributed by atoms with E-state index < -0.39 is 0 Å². The van der Waals surface area contributed by atoms with E-state index in [0.29, 0.717) is 11.8 Å². The van der Waals surface area contributed by atoms with Crippen molar-refractivity contribution in [2.75, 3.05) is 6.54 Å². The Balaban J connectivity index is 1.85. The van der Waals surface area contributed by atoms with Gasteiger partial charge in [0, 0.05) is 5.92 Å². The molecule has 0 atom stereocenters. The van der Waals surface area contributed by atoms with Crippen LogP contribution in [0.5, 0.6) is 0 Å². The minimum atomic E-state index is 0.486. The Morgan fingerprint density at radius 2 is 2.06 bits per heavy atom. The summed E-state index contributed by atoms with van der Waals surface area (Å²) in [5.74, 6) is 2.11. The Hall–Kier alpha value is -1.35. The molecule has 3 heteroatoms. The molecule has 0 aliphatic heterocycles. The number of nitrogens with two attached hydrogens (primary N) is 1. The second kappa shape index (κ2) is 4.73. The van der Waals surface area contributed by atoms with E-state index >= 15 is 0 Å². The van der Waals surface area contributed by atoms with Gasteiger partial charge in [-0.1, -0.05) is 12.1 Å². The van der Waals surface area contributed by atoms with Crippen molar-refractivity contribution in [1.82, 2.24) is 4.98 Å². The van der Waals surface area contributed by atoms with E-state index in [4.69, 9.17) is 10.2 Å². The molecule has 0 bridgehead atoms. The van der Waals surface area contributed by atoms with Gasteiger partial charge in [-0.25, -0.2) is 4.98 Å². The number of fused-ring (bicyclic) bond motifs is 1. The molecule has 2 N–H and O–H groups in total. The molecule has 0 saturated heterocycles. The van der Waals surface area contributed by atoms with E-state index in [1.807, 2.05) is 12.1 Å². The molecule has 3 nitrogen and oxygen atoms in total. The third-order valence-corrected chi connectivity index (χ3v) is 4.16. The lowest BCUT2D eigenvalue weighted by atomic mass is 9.82. The standard InChI is InChI=1S/C15H20N2O/c1-10-3-2-4-13-14(10)18-15(17-13)12-7-5-11(9-16)6-8-12/h2-4,11-12H,5-9,16H2,1H3. The SMILES string of the molecule is Cc1cccc2nc(C3CCC(CN)CC3)oc12. The fourth-order valence-electron chi connectivity index (χ4n) is 2.92. The van der Waals surface area contributed by atoms with Gasteiger partial charge < -0.3 is 10.2 Å². The fraction of sp³-hybridized carbons (Fsp3) is 0.533. The normalized spacial score (nSPS) is 24.6. The monoisotopic (exact) mass is 244 g/mol. The summed E-state index contributed by atoms with van der Waals surface area (Å²) in [5, 5.41) is 0. The number of aromatic nitrogens is 1. The molecule has 1 fully saturated rings. The predicted molar refractivity (Wildman–Crippen MR) is 72.5 cm³/mol. The predicted octanol–water partition coefficient (Wildman–Crippen LogP) is 3.37. The Bertz CT molecular complexity index is 538. The third-order valence-electron chi connectivity index (χ3n) is 4.16. The van der Waals surface area contributed by atoms with Crippen molar-refractivity contribution < 1.29 is 4.42 Å². The maximum atomic E-state index is 5.96. The summed E-state index contributed by atoms with van der Waals surface area (Å²) in [4.78, 5) is 4.65. The highest BCUT2D eigenvalue weighted by Gasteiger charge is 2.25. The topological polar surface area (TPSA) is 52.0 Å². The number of rotatable bonds is 2. The maximum Gasteiger partial charge on any atom is 0.198 e. The average Bonchev–Trinajstić information content (AvgIpc) is 2.84. The van der Waals surface area contributed by atoms with Crippen LogP contribution in [0.3, 0.4) is 0 Å². The van der Waals surface area contributed by atoms with Crippen molar-refractivity contribution in [3.8, 4) is 0 Å². The van der Waals surface area contributed by atoms with Gasteiger partial charge >= 0.3 is 0 Å². The second-order valence-corrected chi connectivity index (χ2v) is 5.43. The van der Waals surface area contributed by atoms with Gasteiger partial charge in [0.05, 0.1) is 0 Å². The molecular formula is C15H20N2O. The first kappa shape index (κ1) is 11.7. The van der Waals surface area contributed by atoms with Crippen LogP contribution in [0.15, 0.2) is 22.6 Å². The number of aryl methyl sites for hydroxylation is 1. The minimum absolute atomic E-state index is 0.486. The number of hydrogen-bond acceptors (Lipinski definition) is 3. The van der Waals surface area contributed by atoms with Crippen LogP contribution in [-0.2, 0) is 0 Å². The quantitative estimate of drug-likeness (QED) is 0.881. The van der Waals surface area contributed by atoms with Crippen LogP contribution in [0.2, 0.25) is 0 Å². The average molecular weight is 244 g/mol. The molecule has 0 unspecified atom stereocenters. The largest absolute Gasteiger partial charge is 0.440 e. The highest BCUT2D eigenvalue weighted by Crippen LogP contribution is 2.36. The summed E-state index contributed by atoms with van der Waals surface area (Å²) in [6.07, 6.45) is 4.74. The zero-order valence-corrected chi connectivity index (χ0v) is 10.9. The van der Waals surface area contributed by atoms with E-state index in [9.17, 15) is 0 Å². The number of hydrogen-bond donors (Lipinski definition) is 1. The molecule has 2 aromatic rings. The summed E-state index contributed by atoms with van der Waals surface area (Å²) >= 11 is 0. The number of oxazole rings is 1. The van der Waals surface area contributed by atoms with Gasteiger partial charge in [-0.3, -0.25) is 0 Å². The highest BCUT2D eigenvalue weighted by molar-refractivity contribution is 5.76. The molecule has 1 aliphatic rings. The summed E-state index contributed by atoms with van der Waals surface area (Å²) in [6.45, 7) is 2.89. The van der Waals surface area contributed by atoms with Gasteiger partial charge in [0.2, 0.25) is 0 Å². The lowest BCUT2D eigenvalue weighted by molar-refractivity contribution is 0.301. The van der Waals surface area contributed by atoms with Crippen molar-refractivity contribution in [2.24, 2.45) is 11.7 Å². The van der Waals surface area contributed by atoms with Crippen molar-refractivity contribution in [3.05, 3.63) is 29.7 Å². The zero-order chi connectivity index (χ0) is 12.5. The van der Waals surface area contributed by atoms with E-state index in [1.165, 1.54) is 18.4 Å². The minimum Gasteiger partial charge on any atom is -0.440 e. The highest BCUT2D eigenvalue weighted by atomic mass is 16.3. The Morgan fingerprint density at radius 1 is 1.28 bits per heavy atom. The summed E-state index contributed by atoms with van der Waals surface area (Å²) < 4.78 is 5.96. The van der Waals surface area contributed by atoms with Gasteiger partial charge in [0.1, 0.15) is 5.52 Å². The molecule has 0 spiro atoms. The van der Waals surface area contributed by atoms with Gasteiger partial charge in [0.15, 0.2) is 11.5 Å². The van der Waals surface area contributed by atoms with Gasteiger partial charge in [-0.05, 0) is 56.7 Å². The summed E-state index contributed by atoms with van der Waals surface area (Å²) in [5.41, 5.74) is 8.84. The lowest BCUT2D eigenvalue weighted by Gasteiger charge is -2.25. The number of para-hydroxylation sites is 1. The van der Waals surface area contributed by atoms with Crippen molar-refractivity contribution in [3.63, 3.8) is 0 Å². The number of nitrogens with zero attached hydrogens (tertiary/aromatic N) is 1. The first-order chi connectivity index (χ1) is 8.78. The summed E-state index contributed by atoms with van der Waals surface area (Å²) in [6, 6.07) is 6.14. The van der Waals surface area contributed by atoms with Crippen molar-refractivity contribution in [2.45, 2.75) is 38.5 Å². The lowest BCUT2D eigenvalue weighted by Crippen LogP contribution is -2.20. The first-order valence-corrected chi connectivity index (χ1v) is 6.84. The van der Waals surface area contributed by atoms with E-state index in [1.54, 1.807) is 0 Å². The molecule has 3 rings (SSSR count). The molecule has 0 amide bonds. The van der Waals surface area contributed by atoms with Crippen LogP contribution in [0.1, 0.15) is 43.1 Å². The van der Waals surface area contributed by atoms with E-state index in [0.717, 1.165) is 36.4 Å². The van der Waals surface area contributed by atoms with Crippen LogP contribution in [0.25, 0.3) is 11.1 Å². The number of benzene rings is 1. The van der Waals surface area contributed by atoms with Crippen LogP contribution in [0.4, 0.5) is 0 Å². The van der Waals surface area contributed by atoms with Gasteiger partial charge in [-0.2, -0.15) is 0 Å². The van der Waals surface area contributed by atoms with Crippen molar-refractivity contribution in [1.29, 1.82) is 0 Å². The first-order valence-electron chi connectivity index (χ1n) is 6.84. The van der Waals surface area contributed by atoms with Crippen LogP contribution < -0.4 is 5.73 Å². The smallest absolute Gasteiger partial charge is 0.198 e. The summed E-state index contributed by atoms with van der Waals surface area (Å²) in [7, 11) is 0. The van der Waals surface area contributed by atoms with Gasteiger partial charge in [-0.15, -0.1) is 0 Å². The molecule has 96 valence electrons. The fourth-order valence-corrected chi connectivity index (χ4v) is 2.92. The Kier molecular flexibility index (Phi) is 3.08. The van der Waals surface area contributed by atoms with E-state index in [2.05, 4.69) is 18.0 Å². The van der Waals surface area contributed by atoms with Crippen LogP contribution in [0, 0.1) is 12.8 Å². The zero-order valence-electron chi connectivity index (χ0n) is 10.9. The third kappa shape index (κ3) is 2.03. The molecule has 1 aliphatic carbocycles. The molecular weight excluding hydrogens is 224 g/mol. The maximum absolute atomic E-state index is 5.96. The Labute approximate surface area is 107 Å². The molecule has 18 heavy (non-hydrogen) atoms. The van der Waals surface area contributed by atoms with Crippen LogP contribution in [-0.4, -0.2) is 11.5 Å². The van der Waals surface area contributed by atoms with E-state index in [-0.39, 0.29) is 0 Å². The molecule has 0 radical (unpaired) electrons. The van der Waals surface area contributed by atoms with Crippen molar-refractivity contribution >= 4 is 11.1 Å². The Morgan fingerprint density at radius 3 is 2.72 bits per heavy atom.